The number of hydrogen-bond acceptors (Lipinski definition) is 8. The molecule has 8 nitrogen and oxygen atoms in total. The summed E-state index contributed by atoms with van der Waals surface area (Å²) in [4.78, 5) is 0. The highest BCUT2D eigenvalue weighted by Gasteiger charge is 2.44. The van der Waals surface area contributed by atoms with E-state index in [1.54, 1.807) is 24.3 Å². The molecule has 1 saturated heterocycles. The molecule has 0 aliphatic carbocycles. The molecule has 2 aromatic carbocycles. The van der Waals surface area contributed by atoms with Gasteiger partial charge in [-0.15, -0.1) is 0 Å². The Labute approximate surface area is 193 Å². The van der Waals surface area contributed by atoms with Crippen LogP contribution in [0.2, 0.25) is 0 Å². The minimum Gasteiger partial charge on any atom is -0.508 e. The van der Waals surface area contributed by atoms with Gasteiger partial charge in [-0.1, -0.05) is 30.7 Å². The summed E-state index contributed by atoms with van der Waals surface area (Å²) in [6.07, 6.45) is -2.22. The predicted octanol–water partition coefficient (Wildman–Crippen LogP) is 1.63. The van der Waals surface area contributed by atoms with Gasteiger partial charge in [0.1, 0.15) is 35.9 Å². The quantitative estimate of drug-likeness (QED) is 0.277. The van der Waals surface area contributed by atoms with Crippen LogP contribution in [-0.4, -0.2) is 74.1 Å². The van der Waals surface area contributed by atoms with Gasteiger partial charge in [0, 0.05) is 0 Å². The van der Waals surface area contributed by atoms with E-state index in [-0.39, 0.29) is 17.6 Å². The van der Waals surface area contributed by atoms with E-state index in [1.807, 2.05) is 24.3 Å². The third kappa shape index (κ3) is 7.40. The summed E-state index contributed by atoms with van der Waals surface area (Å²) in [6.45, 7) is -0.504. The molecule has 0 bridgehead atoms. The molecular formula is C25H34O8. The number of rotatable bonds is 11. The van der Waals surface area contributed by atoms with Crippen LogP contribution in [-0.2, 0) is 22.3 Å². The highest BCUT2D eigenvalue weighted by atomic mass is 16.7. The Morgan fingerprint density at radius 1 is 0.727 bits per heavy atom. The summed E-state index contributed by atoms with van der Waals surface area (Å²) in [5, 5.41) is 58.7. The molecule has 0 amide bonds. The van der Waals surface area contributed by atoms with E-state index in [4.69, 9.17) is 9.47 Å². The SMILES string of the molecule is OC[C@@H]1O[C@H](OC(CCCCc2ccc(O)cc2)CCc2ccc(O)cc2)[C@@H](O)[C@H](O)[C@H]1O. The molecule has 182 valence electrons. The van der Waals surface area contributed by atoms with Crippen LogP contribution < -0.4 is 0 Å². The number of hydrogen-bond donors (Lipinski definition) is 6. The Morgan fingerprint density at radius 3 is 1.88 bits per heavy atom. The van der Waals surface area contributed by atoms with Crippen molar-refractivity contribution in [3.05, 3.63) is 59.7 Å². The maximum atomic E-state index is 10.3. The van der Waals surface area contributed by atoms with Crippen molar-refractivity contribution < 1.29 is 40.1 Å². The molecule has 6 N–H and O–H groups in total. The van der Waals surface area contributed by atoms with Gasteiger partial charge in [-0.05, 0) is 67.5 Å². The lowest BCUT2D eigenvalue weighted by atomic mass is 9.98. The van der Waals surface area contributed by atoms with Gasteiger partial charge >= 0.3 is 0 Å². The average Bonchev–Trinajstić information content (AvgIpc) is 2.82. The molecular weight excluding hydrogens is 428 g/mol. The number of ether oxygens (including phenoxy) is 2. The van der Waals surface area contributed by atoms with Crippen molar-refractivity contribution in [2.75, 3.05) is 6.61 Å². The Bertz CT molecular complexity index is 823. The van der Waals surface area contributed by atoms with Gasteiger partial charge in [0.25, 0.3) is 0 Å². The standard InChI is InChI=1S/C25H34O8/c26-15-21-22(29)23(30)24(31)25(33-21)32-20(14-9-17-7-12-19(28)13-8-17)4-2-1-3-16-5-10-18(27)11-6-16/h5-8,10-13,20-31H,1-4,9,14-15H2/t20?,21-,22-,23+,24-,25-/m0/s1. The number of phenols is 2. The number of aliphatic hydroxyl groups is 4. The zero-order chi connectivity index (χ0) is 23.8. The van der Waals surface area contributed by atoms with Crippen LogP contribution in [0.25, 0.3) is 0 Å². The fourth-order valence-corrected chi connectivity index (χ4v) is 4.00. The van der Waals surface area contributed by atoms with Crippen LogP contribution in [0.5, 0.6) is 11.5 Å². The van der Waals surface area contributed by atoms with Crippen molar-refractivity contribution in [2.24, 2.45) is 0 Å². The van der Waals surface area contributed by atoms with E-state index in [2.05, 4.69) is 0 Å². The number of aliphatic hydroxyl groups excluding tert-OH is 4. The number of aromatic hydroxyl groups is 2. The summed E-state index contributed by atoms with van der Waals surface area (Å²) in [7, 11) is 0. The van der Waals surface area contributed by atoms with Crippen molar-refractivity contribution in [3.8, 4) is 11.5 Å². The largest absolute Gasteiger partial charge is 0.508 e. The maximum absolute atomic E-state index is 10.3. The molecule has 8 heteroatoms. The molecule has 0 radical (unpaired) electrons. The number of aryl methyl sites for hydroxylation is 2. The fourth-order valence-electron chi connectivity index (χ4n) is 4.00. The van der Waals surface area contributed by atoms with Crippen LogP contribution in [0.1, 0.15) is 36.8 Å². The number of phenolic OH excluding ortho intramolecular Hbond substituents is 2. The van der Waals surface area contributed by atoms with E-state index >= 15 is 0 Å². The summed E-state index contributed by atoms with van der Waals surface area (Å²) < 4.78 is 11.6. The van der Waals surface area contributed by atoms with E-state index in [0.29, 0.717) is 19.3 Å². The summed E-state index contributed by atoms with van der Waals surface area (Å²) >= 11 is 0. The van der Waals surface area contributed by atoms with Crippen LogP contribution >= 0.6 is 0 Å². The smallest absolute Gasteiger partial charge is 0.186 e. The lowest BCUT2D eigenvalue weighted by Crippen LogP contribution is -2.59. The molecule has 33 heavy (non-hydrogen) atoms. The van der Waals surface area contributed by atoms with E-state index < -0.39 is 37.3 Å². The van der Waals surface area contributed by atoms with Gasteiger partial charge in [0.2, 0.25) is 0 Å². The van der Waals surface area contributed by atoms with Crippen molar-refractivity contribution in [1.29, 1.82) is 0 Å². The van der Waals surface area contributed by atoms with Gasteiger partial charge in [0.05, 0.1) is 12.7 Å². The second-order valence-corrected chi connectivity index (χ2v) is 8.57. The number of unbranched alkanes of at least 4 members (excludes halogenated alkanes) is 1. The van der Waals surface area contributed by atoms with Crippen molar-refractivity contribution in [1.82, 2.24) is 0 Å². The van der Waals surface area contributed by atoms with Gasteiger partial charge in [0.15, 0.2) is 6.29 Å². The summed E-state index contributed by atoms with van der Waals surface area (Å²) in [6, 6.07) is 14.0. The van der Waals surface area contributed by atoms with Crippen molar-refractivity contribution in [3.63, 3.8) is 0 Å². The Morgan fingerprint density at radius 2 is 1.30 bits per heavy atom. The second-order valence-electron chi connectivity index (χ2n) is 8.57. The number of benzene rings is 2. The highest BCUT2D eigenvalue weighted by Crippen LogP contribution is 2.26. The molecule has 6 atom stereocenters. The maximum Gasteiger partial charge on any atom is 0.186 e. The lowest BCUT2D eigenvalue weighted by molar-refractivity contribution is -0.312. The first-order valence-corrected chi connectivity index (χ1v) is 11.4. The molecule has 1 unspecified atom stereocenters. The third-order valence-electron chi connectivity index (χ3n) is 6.04. The van der Waals surface area contributed by atoms with Crippen LogP contribution in [0.15, 0.2) is 48.5 Å². The Balaban J connectivity index is 1.58. The molecule has 1 heterocycles. The average molecular weight is 463 g/mol. The van der Waals surface area contributed by atoms with Crippen LogP contribution in [0, 0.1) is 0 Å². The molecule has 0 spiro atoms. The van der Waals surface area contributed by atoms with Gasteiger partial charge < -0.3 is 40.1 Å². The van der Waals surface area contributed by atoms with Crippen LogP contribution in [0.3, 0.4) is 0 Å². The Kier molecular flexibility index (Phi) is 9.49. The lowest BCUT2D eigenvalue weighted by Gasteiger charge is -2.41. The fraction of sp³-hybridized carbons (Fsp3) is 0.520. The molecule has 1 aliphatic rings. The monoisotopic (exact) mass is 462 g/mol. The molecule has 0 saturated carbocycles. The zero-order valence-corrected chi connectivity index (χ0v) is 18.5. The third-order valence-corrected chi connectivity index (χ3v) is 6.04. The first-order chi connectivity index (χ1) is 15.9. The minimum atomic E-state index is -1.48. The first kappa shape index (κ1) is 25.4. The van der Waals surface area contributed by atoms with Gasteiger partial charge in [-0.25, -0.2) is 0 Å². The topological polar surface area (TPSA) is 140 Å². The molecule has 3 rings (SSSR count). The second kappa shape index (κ2) is 12.3. The first-order valence-electron chi connectivity index (χ1n) is 11.4. The van der Waals surface area contributed by atoms with Crippen molar-refractivity contribution >= 4 is 0 Å². The summed E-state index contributed by atoms with van der Waals surface area (Å²) in [5.74, 6) is 0.433. The van der Waals surface area contributed by atoms with Crippen molar-refractivity contribution in [2.45, 2.75) is 75.3 Å². The van der Waals surface area contributed by atoms with Crippen LogP contribution in [0.4, 0.5) is 0 Å². The molecule has 0 aromatic heterocycles. The van der Waals surface area contributed by atoms with Gasteiger partial charge in [-0.2, -0.15) is 0 Å². The molecule has 1 aliphatic heterocycles. The van der Waals surface area contributed by atoms with E-state index in [9.17, 15) is 30.6 Å². The Hall–Kier alpha value is -2.20. The van der Waals surface area contributed by atoms with E-state index in [1.165, 1.54) is 0 Å². The van der Waals surface area contributed by atoms with Gasteiger partial charge in [-0.3, -0.25) is 0 Å². The molecule has 1 fully saturated rings. The highest BCUT2D eigenvalue weighted by molar-refractivity contribution is 5.26. The van der Waals surface area contributed by atoms with E-state index in [0.717, 1.165) is 30.4 Å². The zero-order valence-electron chi connectivity index (χ0n) is 18.5. The molecule has 2 aromatic rings. The summed E-state index contributed by atoms with van der Waals surface area (Å²) in [5.41, 5.74) is 2.16. The minimum absolute atomic E-state index is 0.196. The predicted molar refractivity (Wildman–Crippen MR) is 121 cm³/mol. The normalized spacial score (nSPS) is 26.2.